The van der Waals surface area contributed by atoms with E-state index in [2.05, 4.69) is 204 Å². The van der Waals surface area contributed by atoms with Crippen LogP contribution in [0.4, 0.5) is 17.1 Å². The third-order valence-electron chi connectivity index (χ3n) is 12.2. The molecular weight excluding hydrogens is 767 g/mol. The van der Waals surface area contributed by atoms with Crippen molar-refractivity contribution in [2.24, 2.45) is 0 Å². The van der Waals surface area contributed by atoms with Crippen LogP contribution in [0.25, 0.3) is 94.2 Å². The van der Waals surface area contributed by atoms with Gasteiger partial charge < -0.3 is 13.9 Å². The molecule has 0 aliphatic heterocycles. The van der Waals surface area contributed by atoms with E-state index < -0.39 is 0 Å². The topological polar surface area (TPSA) is 34.2 Å². The summed E-state index contributed by atoms with van der Waals surface area (Å²) in [6.45, 7) is 0. The summed E-state index contributed by atoms with van der Waals surface area (Å²) >= 11 is 0. The molecule has 10 aromatic carbocycles. The highest BCUT2D eigenvalue weighted by Gasteiger charge is 2.20. The minimum absolute atomic E-state index is 0.616. The molecule has 0 fully saturated rings. The third-order valence-corrected chi connectivity index (χ3v) is 12.2. The largest absolute Gasteiger partial charge is 0.436 e. The van der Waals surface area contributed by atoms with Gasteiger partial charge in [0.05, 0.1) is 11.0 Å². The van der Waals surface area contributed by atoms with Crippen LogP contribution in [0.5, 0.6) is 0 Å². The van der Waals surface area contributed by atoms with E-state index in [1.807, 2.05) is 42.5 Å². The van der Waals surface area contributed by atoms with Crippen LogP contribution < -0.4 is 4.90 Å². The van der Waals surface area contributed by atoms with Gasteiger partial charge in [-0.3, -0.25) is 0 Å². The fourth-order valence-electron chi connectivity index (χ4n) is 9.23. The summed E-state index contributed by atoms with van der Waals surface area (Å²) in [6.07, 6.45) is 0. The smallest absolute Gasteiger partial charge is 0.227 e. The van der Waals surface area contributed by atoms with Crippen molar-refractivity contribution in [2.45, 2.75) is 0 Å². The molecule has 0 bridgehead atoms. The van der Waals surface area contributed by atoms with E-state index >= 15 is 0 Å². The Hall–Kier alpha value is -8.47. The fourth-order valence-corrected chi connectivity index (χ4v) is 9.23. The van der Waals surface area contributed by atoms with Gasteiger partial charge in [-0.25, -0.2) is 4.98 Å². The quantitative estimate of drug-likeness (QED) is 0.153. The number of benzene rings is 10. The Bertz CT molecular complexity index is 3540. The van der Waals surface area contributed by atoms with Crippen molar-refractivity contribution in [1.82, 2.24) is 9.55 Å². The van der Waals surface area contributed by atoms with E-state index in [1.165, 1.54) is 32.6 Å². The van der Waals surface area contributed by atoms with Crippen molar-refractivity contribution in [3.63, 3.8) is 0 Å². The number of fused-ring (bicyclic) bond motifs is 6. The van der Waals surface area contributed by atoms with Crippen molar-refractivity contribution < 1.29 is 4.42 Å². The second-order valence-electron chi connectivity index (χ2n) is 16.0. The minimum atomic E-state index is 0.616. The van der Waals surface area contributed by atoms with E-state index in [4.69, 9.17) is 9.40 Å². The first kappa shape index (κ1) is 36.4. The highest BCUT2D eigenvalue weighted by Crippen LogP contribution is 2.44. The lowest BCUT2D eigenvalue weighted by Gasteiger charge is -2.27. The van der Waals surface area contributed by atoms with Gasteiger partial charge in [-0.15, -0.1) is 0 Å². The average molecular weight is 806 g/mol. The zero-order chi connectivity index (χ0) is 41.7. The highest BCUT2D eigenvalue weighted by molar-refractivity contribution is 6.22. The zero-order valence-corrected chi connectivity index (χ0v) is 34.3. The average Bonchev–Trinajstić information content (AvgIpc) is 3.96. The van der Waals surface area contributed by atoms with Crippen molar-refractivity contribution in [2.75, 3.05) is 4.90 Å². The van der Waals surface area contributed by atoms with Crippen LogP contribution in [0.3, 0.4) is 0 Å². The maximum atomic E-state index is 6.29. The molecule has 0 saturated heterocycles. The minimum Gasteiger partial charge on any atom is -0.436 e. The predicted octanol–water partition coefficient (Wildman–Crippen LogP) is 16.2. The molecule has 0 aliphatic carbocycles. The second-order valence-corrected chi connectivity index (χ2v) is 16.0. The number of nitrogens with zero attached hydrogens (tertiary/aromatic N) is 3. The molecule has 0 atom stereocenters. The van der Waals surface area contributed by atoms with Gasteiger partial charge in [0, 0.05) is 44.6 Å². The SMILES string of the molecule is c1ccc(-c2cc(-c3ccccc3)cc(N(c3ccc(-c4cccc5oc(-c6ccccc6)nc45)cc3)c3ccc4ccc5c(c4c3)c3ccccc3n5-c3ccccc3)c2)cc1. The summed E-state index contributed by atoms with van der Waals surface area (Å²) in [4.78, 5) is 7.41. The first-order valence-corrected chi connectivity index (χ1v) is 21.4. The van der Waals surface area contributed by atoms with Crippen molar-refractivity contribution in [3.8, 4) is 50.5 Å². The van der Waals surface area contributed by atoms with Gasteiger partial charge in [0.25, 0.3) is 0 Å². The first-order chi connectivity index (χ1) is 31.2. The van der Waals surface area contributed by atoms with Gasteiger partial charge in [-0.05, 0) is 124 Å². The highest BCUT2D eigenvalue weighted by atomic mass is 16.3. The summed E-state index contributed by atoms with van der Waals surface area (Å²) in [6, 6.07) is 84.3. The number of rotatable bonds is 8. The molecule has 0 radical (unpaired) electrons. The molecular formula is C59H39N3O. The van der Waals surface area contributed by atoms with Gasteiger partial charge in [0.2, 0.25) is 5.89 Å². The lowest BCUT2D eigenvalue weighted by molar-refractivity contribution is 0.620. The van der Waals surface area contributed by atoms with Crippen LogP contribution in [0.1, 0.15) is 0 Å². The second kappa shape index (κ2) is 15.2. The number of hydrogen-bond acceptors (Lipinski definition) is 3. The van der Waals surface area contributed by atoms with Crippen LogP contribution >= 0.6 is 0 Å². The molecule has 4 heteroatoms. The molecule has 0 saturated carbocycles. The predicted molar refractivity (Wildman–Crippen MR) is 262 cm³/mol. The zero-order valence-electron chi connectivity index (χ0n) is 34.3. The van der Waals surface area contributed by atoms with Gasteiger partial charge in [-0.1, -0.05) is 152 Å². The molecule has 0 unspecified atom stereocenters. The van der Waals surface area contributed by atoms with E-state index in [0.717, 1.165) is 72.8 Å². The van der Waals surface area contributed by atoms with E-state index in [-0.39, 0.29) is 0 Å². The molecule has 296 valence electrons. The summed E-state index contributed by atoms with van der Waals surface area (Å²) < 4.78 is 8.68. The Morgan fingerprint density at radius 2 is 0.984 bits per heavy atom. The Labute approximate surface area is 365 Å². The number of anilines is 3. The molecule has 12 aromatic rings. The van der Waals surface area contributed by atoms with Crippen molar-refractivity contribution >= 4 is 60.7 Å². The number of para-hydroxylation sites is 3. The molecule has 12 rings (SSSR count). The van der Waals surface area contributed by atoms with Crippen molar-refractivity contribution in [3.05, 3.63) is 237 Å². The normalized spacial score (nSPS) is 11.5. The van der Waals surface area contributed by atoms with Gasteiger partial charge >= 0.3 is 0 Å². The third kappa shape index (κ3) is 6.44. The Kier molecular flexibility index (Phi) is 8.79. The summed E-state index contributed by atoms with van der Waals surface area (Å²) in [5.74, 6) is 0.616. The van der Waals surface area contributed by atoms with Crippen LogP contribution in [0.15, 0.2) is 241 Å². The molecule has 63 heavy (non-hydrogen) atoms. The Morgan fingerprint density at radius 3 is 1.68 bits per heavy atom. The van der Waals surface area contributed by atoms with Gasteiger partial charge in [0.1, 0.15) is 5.52 Å². The van der Waals surface area contributed by atoms with E-state index in [1.54, 1.807) is 0 Å². The maximum Gasteiger partial charge on any atom is 0.227 e. The summed E-state index contributed by atoms with van der Waals surface area (Å²) in [7, 11) is 0. The monoisotopic (exact) mass is 805 g/mol. The van der Waals surface area contributed by atoms with Crippen LogP contribution in [-0.4, -0.2) is 9.55 Å². The number of hydrogen-bond donors (Lipinski definition) is 0. The standard InChI is InChI=1S/C59H39N3O/c1-5-16-40(17-6-1)45-36-46(41-18-7-2-8-19-41)38-50(37-45)61(48-32-28-42(29-33-48)51-25-15-27-56-58(51)60-59(63-56)44-20-9-3-10-21-44)49-34-30-43-31-35-55-57(53(43)39-49)52-24-13-14-26-54(52)62(55)47-22-11-4-12-23-47/h1-39H. The van der Waals surface area contributed by atoms with Crippen LogP contribution in [-0.2, 0) is 0 Å². The van der Waals surface area contributed by atoms with Crippen LogP contribution in [0.2, 0.25) is 0 Å². The Balaban J connectivity index is 1.07. The number of oxazole rings is 1. The summed E-state index contributed by atoms with van der Waals surface area (Å²) in [5.41, 5.74) is 15.9. The van der Waals surface area contributed by atoms with Crippen LogP contribution in [0, 0.1) is 0 Å². The fraction of sp³-hybridized carbons (Fsp3) is 0. The molecule has 4 nitrogen and oxygen atoms in total. The lowest BCUT2D eigenvalue weighted by Crippen LogP contribution is -2.10. The molecule has 0 spiro atoms. The molecule has 0 N–H and O–H groups in total. The van der Waals surface area contributed by atoms with Gasteiger partial charge in [-0.2, -0.15) is 0 Å². The van der Waals surface area contributed by atoms with E-state index in [0.29, 0.717) is 5.89 Å². The van der Waals surface area contributed by atoms with Gasteiger partial charge in [0.15, 0.2) is 5.58 Å². The molecule has 2 heterocycles. The maximum absolute atomic E-state index is 6.29. The molecule has 0 aliphatic rings. The van der Waals surface area contributed by atoms with Crippen molar-refractivity contribution in [1.29, 1.82) is 0 Å². The molecule has 0 amide bonds. The summed E-state index contributed by atoms with van der Waals surface area (Å²) in [5, 5.41) is 4.86. The number of aromatic nitrogens is 2. The Morgan fingerprint density at radius 1 is 0.381 bits per heavy atom. The molecule has 2 aromatic heterocycles. The lowest BCUT2D eigenvalue weighted by atomic mass is 9.96. The van der Waals surface area contributed by atoms with E-state index in [9.17, 15) is 0 Å². The first-order valence-electron chi connectivity index (χ1n) is 21.4.